The lowest BCUT2D eigenvalue weighted by Gasteiger charge is -2.09. The van der Waals surface area contributed by atoms with Gasteiger partial charge >= 0.3 is 5.97 Å². The number of halogens is 2. The third kappa shape index (κ3) is 3.13. The molecule has 7 heteroatoms. The zero-order valence-corrected chi connectivity index (χ0v) is 16.6. The van der Waals surface area contributed by atoms with Crippen LogP contribution in [0.15, 0.2) is 54.6 Å². The molecule has 5 nitrogen and oxygen atoms in total. The van der Waals surface area contributed by atoms with Crippen molar-refractivity contribution in [3.05, 3.63) is 75.9 Å². The van der Waals surface area contributed by atoms with Gasteiger partial charge in [0.05, 0.1) is 40.2 Å². The summed E-state index contributed by atoms with van der Waals surface area (Å²) in [6.45, 7) is 1.84. The first-order chi connectivity index (χ1) is 13.5. The number of esters is 1. The summed E-state index contributed by atoms with van der Waals surface area (Å²) in [4.78, 5) is 17.3. The lowest BCUT2D eigenvalue weighted by molar-refractivity contribution is 0.0603. The van der Waals surface area contributed by atoms with E-state index in [1.807, 2.05) is 37.3 Å². The van der Waals surface area contributed by atoms with Gasteiger partial charge in [-0.25, -0.2) is 14.5 Å². The fraction of sp³-hybridized carbons (Fsp3) is 0.0952. The van der Waals surface area contributed by atoms with Gasteiger partial charge in [-0.1, -0.05) is 41.4 Å². The zero-order valence-electron chi connectivity index (χ0n) is 15.1. The molecule has 0 bridgehead atoms. The monoisotopic (exact) mass is 411 g/mol. The Bertz CT molecular complexity index is 1200. The molecule has 2 heterocycles. The summed E-state index contributed by atoms with van der Waals surface area (Å²) in [5.41, 5.74) is 3.65. The molecule has 0 aliphatic carbocycles. The van der Waals surface area contributed by atoms with Crippen molar-refractivity contribution in [3.8, 4) is 16.9 Å². The number of nitrogens with zero attached hydrogens (tertiary/aromatic N) is 3. The standard InChI is InChI=1S/C21H15Cl2N3O2/c1-12-19-16(21(27)28-2)11-18(15-9-8-13(22)10-17(15)23)24-20(19)26(25-12)14-6-4-3-5-7-14/h3-11H,1-2H3. The van der Waals surface area contributed by atoms with Gasteiger partial charge in [-0.15, -0.1) is 0 Å². The van der Waals surface area contributed by atoms with Crippen LogP contribution in [-0.2, 0) is 4.74 Å². The maximum atomic E-state index is 12.5. The summed E-state index contributed by atoms with van der Waals surface area (Å²) in [7, 11) is 1.35. The summed E-state index contributed by atoms with van der Waals surface area (Å²) in [6, 6.07) is 16.4. The number of hydrogen-bond acceptors (Lipinski definition) is 4. The minimum absolute atomic E-state index is 0.383. The van der Waals surface area contributed by atoms with E-state index in [1.165, 1.54) is 7.11 Å². The van der Waals surface area contributed by atoms with Crippen LogP contribution in [0, 0.1) is 6.92 Å². The lowest BCUT2D eigenvalue weighted by atomic mass is 10.1. The highest BCUT2D eigenvalue weighted by Gasteiger charge is 2.22. The van der Waals surface area contributed by atoms with Crippen LogP contribution < -0.4 is 0 Å². The molecule has 0 amide bonds. The SMILES string of the molecule is COC(=O)c1cc(-c2ccc(Cl)cc2Cl)nc2c1c(C)nn2-c1ccccc1. The predicted molar refractivity (Wildman–Crippen MR) is 110 cm³/mol. The Morgan fingerprint density at radius 1 is 1.07 bits per heavy atom. The van der Waals surface area contributed by atoms with Crippen molar-refractivity contribution in [2.45, 2.75) is 6.92 Å². The molecule has 0 aliphatic rings. The average molecular weight is 412 g/mol. The van der Waals surface area contributed by atoms with Crippen LogP contribution in [-0.4, -0.2) is 27.8 Å². The fourth-order valence-corrected chi connectivity index (χ4v) is 3.65. The molecule has 0 saturated carbocycles. The van der Waals surface area contributed by atoms with Crippen molar-refractivity contribution >= 4 is 40.2 Å². The van der Waals surface area contributed by atoms with E-state index in [2.05, 4.69) is 5.10 Å². The first-order valence-corrected chi connectivity index (χ1v) is 9.24. The largest absolute Gasteiger partial charge is 0.465 e. The van der Waals surface area contributed by atoms with Crippen LogP contribution in [0.1, 0.15) is 16.1 Å². The van der Waals surface area contributed by atoms with Crippen LogP contribution in [0.5, 0.6) is 0 Å². The van der Waals surface area contributed by atoms with E-state index in [0.717, 1.165) is 5.69 Å². The number of aryl methyl sites for hydroxylation is 1. The topological polar surface area (TPSA) is 57.0 Å². The van der Waals surface area contributed by atoms with Crippen LogP contribution in [0.3, 0.4) is 0 Å². The fourth-order valence-electron chi connectivity index (χ4n) is 3.14. The minimum Gasteiger partial charge on any atom is -0.465 e. The first-order valence-electron chi connectivity index (χ1n) is 8.49. The number of aromatic nitrogens is 3. The molecule has 0 atom stereocenters. The van der Waals surface area contributed by atoms with Gasteiger partial charge in [0.2, 0.25) is 0 Å². The van der Waals surface area contributed by atoms with Crippen LogP contribution in [0.4, 0.5) is 0 Å². The summed E-state index contributed by atoms with van der Waals surface area (Å²) in [6.07, 6.45) is 0. The molecule has 0 N–H and O–H groups in total. The molecular weight excluding hydrogens is 397 g/mol. The van der Waals surface area contributed by atoms with Crippen LogP contribution >= 0.6 is 23.2 Å². The minimum atomic E-state index is -0.463. The molecule has 0 aliphatic heterocycles. The van der Waals surface area contributed by atoms with Gasteiger partial charge in [-0.3, -0.25) is 0 Å². The number of ether oxygens (including phenoxy) is 1. The van der Waals surface area contributed by atoms with Gasteiger partial charge in [-0.2, -0.15) is 5.10 Å². The van der Waals surface area contributed by atoms with Crippen LogP contribution in [0.25, 0.3) is 28.0 Å². The molecule has 0 saturated heterocycles. The molecule has 140 valence electrons. The van der Waals surface area contributed by atoms with Gasteiger partial charge in [0.1, 0.15) is 0 Å². The third-order valence-electron chi connectivity index (χ3n) is 4.43. The van der Waals surface area contributed by atoms with E-state index in [1.54, 1.807) is 28.9 Å². The number of carbonyl (C=O) groups excluding carboxylic acids is 1. The molecule has 28 heavy (non-hydrogen) atoms. The smallest absolute Gasteiger partial charge is 0.338 e. The summed E-state index contributed by atoms with van der Waals surface area (Å²) in [5, 5.41) is 6.21. The molecule has 0 unspecified atom stereocenters. The van der Waals surface area contributed by atoms with Gasteiger partial charge in [0.25, 0.3) is 0 Å². The molecule has 4 aromatic rings. The molecule has 0 fully saturated rings. The van der Waals surface area contributed by atoms with Crippen LogP contribution in [0.2, 0.25) is 10.0 Å². The highest BCUT2D eigenvalue weighted by atomic mass is 35.5. The Morgan fingerprint density at radius 2 is 1.82 bits per heavy atom. The molecule has 2 aromatic carbocycles. The zero-order chi connectivity index (χ0) is 19.8. The second-order valence-electron chi connectivity index (χ2n) is 6.20. The van der Waals surface area contributed by atoms with E-state index in [0.29, 0.717) is 43.6 Å². The maximum Gasteiger partial charge on any atom is 0.338 e. The summed E-state index contributed by atoms with van der Waals surface area (Å²) in [5.74, 6) is -0.463. The molecule has 2 aromatic heterocycles. The number of carbonyl (C=O) groups is 1. The number of methoxy groups -OCH3 is 1. The normalized spacial score (nSPS) is 11.0. The number of pyridine rings is 1. The van der Waals surface area contributed by atoms with Crippen molar-refractivity contribution in [2.24, 2.45) is 0 Å². The number of fused-ring (bicyclic) bond motifs is 1. The quantitative estimate of drug-likeness (QED) is 0.418. The molecule has 0 radical (unpaired) electrons. The molecular formula is C21H15Cl2N3O2. The van der Waals surface area contributed by atoms with E-state index in [9.17, 15) is 4.79 Å². The molecule has 4 rings (SSSR count). The molecule has 0 spiro atoms. The van der Waals surface area contributed by atoms with Crippen molar-refractivity contribution in [3.63, 3.8) is 0 Å². The maximum absolute atomic E-state index is 12.5. The average Bonchev–Trinajstić information content (AvgIpc) is 3.04. The van der Waals surface area contributed by atoms with Gasteiger partial charge < -0.3 is 4.74 Å². The highest BCUT2D eigenvalue weighted by molar-refractivity contribution is 6.36. The predicted octanol–water partition coefficient (Wildman–Crippen LogP) is 5.49. The first kappa shape index (κ1) is 18.5. The number of para-hydroxylation sites is 1. The Kier molecular flexibility index (Phi) is 4.79. The summed E-state index contributed by atoms with van der Waals surface area (Å²) < 4.78 is 6.71. The Hall–Kier alpha value is -2.89. The second kappa shape index (κ2) is 7.26. The Labute approximate surface area is 171 Å². The Morgan fingerprint density at radius 3 is 2.50 bits per heavy atom. The number of rotatable bonds is 3. The van der Waals surface area contributed by atoms with Crippen molar-refractivity contribution in [2.75, 3.05) is 7.11 Å². The Balaban J connectivity index is 2.06. The van der Waals surface area contributed by atoms with Crippen molar-refractivity contribution in [1.82, 2.24) is 14.8 Å². The summed E-state index contributed by atoms with van der Waals surface area (Å²) >= 11 is 12.4. The van der Waals surface area contributed by atoms with Crippen molar-refractivity contribution < 1.29 is 9.53 Å². The lowest BCUT2D eigenvalue weighted by Crippen LogP contribution is -2.05. The second-order valence-corrected chi connectivity index (χ2v) is 7.05. The highest BCUT2D eigenvalue weighted by Crippen LogP contribution is 2.33. The van der Waals surface area contributed by atoms with Gasteiger partial charge in [0, 0.05) is 10.6 Å². The van der Waals surface area contributed by atoms with E-state index in [-0.39, 0.29) is 0 Å². The third-order valence-corrected chi connectivity index (χ3v) is 4.97. The van der Waals surface area contributed by atoms with Gasteiger partial charge in [-0.05, 0) is 43.3 Å². The van der Waals surface area contributed by atoms with E-state index in [4.69, 9.17) is 32.9 Å². The van der Waals surface area contributed by atoms with E-state index >= 15 is 0 Å². The van der Waals surface area contributed by atoms with Crippen molar-refractivity contribution in [1.29, 1.82) is 0 Å². The number of hydrogen-bond donors (Lipinski definition) is 0. The number of benzene rings is 2. The van der Waals surface area contributed by atoms with E-state index < -0.39 is 5.97 Å². The van der Waals surface area contributed by atoms with Gasteiger partial charge in [0.15, 0.2) is 5.65 Å².